The minimum atomic E-state index is -0.443. The Kier molecular flexibility index (Phi) is 5.67. The first-order valence-corrected chi connectivity index (χ1v) is 7.32. The molecule has 1 rings (SSSR count). The van der Waals surface area contributed by atoms with E-state index in [1.807, 2.05) is 19.1 Å². The van der Waals surface area contributed by atoms with Gasteiger partial charge in [-0.3, -0.25) is 0 Å². The standard InChI is InChI=1S/C15H24BrNO/c1-10(2)8-11(3)17(5)15-9-13(16)6-7-14(15)12(4)18/h6-7,9-12,18H,8H2,1-5H3. The molecule has 0 spiro atoms. The van der Waals surface area contributed by atoms with E-state index in [4.69, 9.17) is 0 Å². The fourth-order valence-corrected chi connectivity index (χ4v) is 2.60. The summed E-state index contributed by atoms with van der Waals surface area (Å²) in [4.78, 5) is 2.26. The number of aliphatic hydroxyl groups is 1. The van der Waals surface area contributed by atoms with E-state index < -0.39 is 6.10 Å². The topological polar surface area (TPSA) is 23.5 Å². The van der Waals surface area contributed by atoms with Gasteiger partial charge in [-0.2, -0.15) is 0 Å². The average Bonchev–Trinajstić information content (AvgIpc) is 2.26. The van der Waals surface area contributed by atoms with Crippen LogP contribution in [0.4, 0.5) is 5.69 Å². The molecule has 0 fully saturated rings. The third-order valence-corrected chi connectivity index (χ3v) is 3.79. The zero-order chi connectivity index (χ0) is 13.9. The first-order chi connectivity index (χ1) is 8.32. The number of aliphatic hydroxyl groups excluding tert-OH is 1. The third kappa shape index (κ3) is 3.99. The van der Waals surface area contributed by atoms with Gasteiger partial charge in [0.1, 0.15) is 0 Å². The van der Waals surface area contributed by atoms with Gasteiger partial charge in [0.2, 0.25) is 0 Å². The van der Waals surface area contributed by atoms with Crippen molar-refractivity contribution in [2.24, 2.45) is 5.92 Å². The molecule has 2 unspecified atom stereocenters. The molecule has 0 bridgehead atoms. The SMILES string of the molecule is CC(C)CC(C)N(C)c1cc(Br)ccc1C(C)O. The Balaban J connectivity index is 3.03. The summed E-state index contributed by atoms with van der Waals surface area (Å²) < 4.78 is 1.05. The van der Waals surface area contributed by atoms with Crippen LogP contribution in [0.25, 0.3) is 0 Å². The van der Waals surface area contributed by atoms with E-state index in [-0.39, 0.29) is 0 Å². The van der Waals surface area contributed by atoms with Crippen molar-refractivity contribution < 1.29 is 5.11 Å². The summed E-state index contributed by atoms with van der Waals surface area (Å²) in [7, 11) is 2.10. The van der Waals surface area contributed by atoms with E-state index in [9.17, 15) is 5.11 Å². The zero-order valence-electron chi connectivity index (χ0n) is 11.9. The van der Waals surface area contributed by atoms with Crippen LogP contribution in [-0.4, -0.2) is 18.2 Å². The Bertz CT molecular complexity index is 390. The number of hydrogen-bond donors (Lipinski definition) is 1. The lowest BCUT2D eigenvalue weighted by molar-refractivity contribution is 0.199. The number of halogens is 1. The summed E-state index contributed by atoms with van der Waals surface area (Å²) in [6, 6.07) is 6.51. The molecule has 3 heteroatoms. The van der Waals surface area contributed by atoms with Crippen molar-refractivity contribution in [3.05, 3.63) is 28.2 Å². The molecular formula is C15H24BrNO. The Morgan fingerprint density at radius 3 is 2.33 bits per heavy atom. The monoisotopic (exact) mass is 313 g/mol. The number of benzene rings is 1. The predicted octanol–water partition coefficient (Wildman–Crippen LogP) is 4.37. The van der Waals surface area contributed by atoms with Crippen LogP contribution in [0, 0.1) is 5.92 Å². The fourth-order valence-electron chi connectivity index (χ4n) is 2.25. The molecule has 2 nitrogen and oxygen atoms in total. The molecule has 102 valence electrons. The van der Waals surface area contributed by atoms with Crippen LogP contribution in [0.15, 0.2) is 22.7 Å². The highest BCUT2D eigenvalue weighted by Crippen LogP contribution is 2.31. The van der Waals surface area contributed by atoms with Gasteiger partial charge >= 0.3 is 0 Å². The summed E-state index contributed by atoms with van der Waals surface area (Å²) in [5.74, 6) is 0.671. The van der Waals surface area contributed by atoms with E-state index in [0.29, 0.717) is 12.0 Å². The van der Waals surface area contributed by atoms with Crippen LogP contribution in [-0.2, 0) is 0 Å². The van der Waals surface area contributed by atoms with Gasteiger partial charge in [-0.1, -0.05) is 35.8 Å². The highest BCUT2D eigenvalue weighted by molar-refractivity contribution is 9.10. The molecule has 1 aromatic carbocycles. The number of anilines is 1. The summed E-state index contributed by atoms with van der Waals surface area (Å²) in [5, 5.41) is 9.87. The van der Waals surface area contributed by atoms with Crippen molar-refractivity contribution in [2.75, 3.05) is 11.9 Å². The molecule has 18 heavy (non-hydrogen) atoms. The molecule has 0 aromatic heterocycles. The van der Waals surface area contributed by atoms with Gasteiger partial charge < -0.3 is 10.0 Å². The van der Waals surface area contributed by atoms with Crippen LogP contribution in [0.3, 0.4) is 0 Å². The second kappa shape index (κ2) is 6.58. The summed E-state index contributed by atoms with van der Waals surface area (Å²) in [5.41, 5.74) is 2.09. The summed E-state index contributed by atoms with van der Waals surface area (Å²) in [6.07, 6.45) is 0.698. The molecule has 0 saturated heterocycles. The van der Waals surface area contributed by atoms with Gasteiger partial charge in [-0.05, 0) is 38.3 Å². The second-order valence-corrected chi connectivity index (χ2v) is 6.38. The van der Waals surface area contributed by atoms with E-state index in [1.54, 1.807) is 0 Å². The zero-order valence-corrected chi connectivity index (χ0v) is 13.5. The Labute approximate surface area is 119 Å². The van der Waals surface area contributed by atoms with Gasteiger partial charge in [-0.25, -0.2) is 0 Å². The number of nitrogens with zero attached hydrogens (tertiary/aromatic N) is 1. The predicted molar refractivity (Wildman–Crippen MR) is 82.1 cm³/mol. The van der Waals surface area contributed by atoms with Crippen LogP contribution >= 0.6 is 15.9 Å². The van der Waals surface area contributed by atoms with Crippen molar-refractivity contribution >= 4 is 21.6 Å². The van der Waals surface area contributed by atoms with Gasteiger partial charge in [0.15, 0.2) is 0 Å². The largest absolute Gasteiger partial charge is 0.389 e. The Morgan fingerprint density at radius 1 is 1.22 bits per heavy atom. The number of hydrogen-bond acceptors (Lipinski definition) is 2. The molecule has 0 radical (unpaired) electrons. The van der Waals surface area contributed by atoms with E-state index in [0.717, 1.165) is 22.1 Å². The first kappa shape index (κ1) is 15.5. The maximum atomic E-state index is 9.87. The molecule has 0 aliphatic rings. The fraction of sp³-hybridized carbons (Fsp3) is 0.600. The van der Waals surface area contributed by atoms with E-state index >= 15 is 0 Å². The normalized spacial score (nSPS) is 14.7. The van der Waals surface area contributed by atoms with Gasteiger partial charge in [0.25, 0.3) is 0 Å². The maximum absolute atomic E-state index is 9.87. The van der Waals surface area contributed by atoms with Gasteiger partial charge in [0, 0.05) is 28.8 Å². The van der Waals surface area contributed by atoms with Crippen molar-refractivity contribution in [2.45, 2.75) is 46.3 Å². The highest BCUT2D eigenvalue weighted by atomic mass is 79.9. The minimum Gasteiger partial charge on any atom is -0.389 e. The second-order valence-electron chi connectivity index (χ2n) is 5.47. The van der Waals surface area contributed by atoms with Crippen LogP contribution in [0.5, 0.6) is 0 Å². The highest BCUT2D eigenvalue weighted by Gasteiger charge is 2.17. The molecule has 1 N–H and O–H groups in total. The van der Waals surface area contributed by atoms with Gasteiger partial charge in [-0.15, -0.1) is 0 Å². The van der Waals surface area contributed by atoms with Crippen LogP contribution < -0.4 is 4.90 Å². The molecule has 0 heterocycles. The summed E-state index contributed by atoms with van der Waals surface area (Å²) >= 11 is 3.51. The molecule has 2 atom stereocenters. The third-order valence-electron chi connectivity index (χ3n) is 3.30. The first-order valence-electron chi connectivity index (χ1n) is 6.53. The molecule has 0 saturated carbocycles. The molecule has 0 aliphatic heterocycles. The van der Waals surface area contributed by atoms with Crippen molar-refractivity contribution in [1.82, 2.24) is 0 Å². The summed E-state index contributed by atoms with van der Waals surface area (Å²) in [6.45, 7) is 8.52. The maximum Gasteiger partial charge on any atom is 0.0782 e. The molecular weight excluding hydrogens is 290 g/mol. The Hall–Kier alpha value is -0.540. The molecule has 0 aliphatic carbocycles. The number of rotatable bonds is 5. The lowest BCUT2D eigenvalue weighted by Gasteiger charge is -2.31. The smallest absolute Gasteiger partial charge is 0.0782 e. The lowest BCUT2D eigenvalue weighted by atomic mass is 10.0. The molecule has 1 aromatic rings. The van der Waals surface area contributed by atoms with Crippen molar-refractivity contribution in [3.63, 3.8) is 0 Å². The van der Waals surface area contributed by atoms with Crippen LogP contribution in [0.2, 0.25) is 0 Å². The van der Waals surface area contributed by atoms with E-state index in [1.165, 1.54) is 0 Å². The quantitative estimate of drug-likeness (QED) is 0.872. The van der Waals surface area contributed by atoms with Crippen LogP contribution in [0.1, 0.15) is 45.8 Å². The van der Waals surface area contributed by atoms with Gasteiger partial charge in [0.05, 0.1) is 6.10 Å². The minimum absolute atomic E-state index is 0.443. The van der Waals surface area contributed by atoms with Crippen molar-refractivity contribution in [1.29, 1.82) is 0 Å². The van der Waals surface area contributed by atoms with E-state index in [2.05, 4.69) is 54.7 Å². The average molecular weight is 314 g/mol. The lowest BCUT2D eigenvalue weighted by Crippen LogP contribution is -2.31. The van der Waals surface area contributed by atoms with Crippen molar-refractivity contribution in [3.8, 4) is 0 Å². The Morgan fingerprint density at radius 2 is 1.83 bits per heavy atom. The molecule has 0 amide bonds.